The first-order valence-electron chi connectivity index (χ1n) is 16.7. The van der Waals surface area contributed by atoms with Gasteiger partial charge in [0.2, 0.25) is 5.43 Å². The van der Waals surface area contributed by atoms with Gasteiger partial charge >= 0.3 is 0 Å². The zero-order chi connectivity index (χ0) is 33.0. The number of carbonyl (C=O) groups excluding carboxylic acids is 1. The molecule has 48 heavy (non-hydrogen) atoms. The van der Waals surface area contributed by atoms with Gasteiger partial charge in [-0.15, -0.1) is 0 Å². The van der Waals surface area contributed by atoms with Crippen LogP contribution in [0.4, 0.5) is 10.1 Å². The largest absolute Gasteiger partial charge is 0.451 e. The van der Waals surface area contributed by atoms with Crippen molar-refractivity contribution in [1.29, 1.82) is 5.26 Å². The van der Waals surface area contributed by atoms with Crippen LogP contribution in [0.2, 0.25) is 0 Å². The summed E-state index contributed by atoms with van der Waals surface area (Å²) in [5.41, 5.74) is 1.04. The second kappa shape index (κ2) is 11.8. The van der Waals surface area contributed by atoms with Crippen molar-refractivity contribution in [1.82, 2.24) is 14.8 Å². The Balaban J connectivity index is 1.22. The third-order valence-electron chi connectivity index (χ3n) is 10.6. The highest BCUT2D eigenvalue weighted by molar-refractivity contribution is 6.02. The molecule has 8 rings (SSSR count). The molecule has 0 spiro atoms. The fourth-order valence-corrected chi connectivity index (χ4v) is 7.87. The van der Waals surface area contributed by atoms with Crippen molar-refractivity contribution in [3.63, 3.8) is 0 Å². The summed E-state index contributed by atoms with van der Waals surface area (Å²) in [5, 5.41) is 15.2. The van der Waals surface area contributed by atoms with Gasteiger partial charge in [0.1, 0.15) is 16.8 Å². The lowest BCUT2D eigenvalue weighted by atomic mass is 9.74. The van der Waals surface area contributed by atoms with E-state index >= 15 is 4.39 Å². The Kier molecular flexibility index (Phi) is 7.41. The first kappa shape index (κ1) is 30.2. The van der Waals surface area contributed by atoms with Crippen molar-refractivity contribution in [3.8, 4) is 23.3 Å². The SMILES string of the molecule is CN1CCCC1CCNC(=O)c1cn2c3c(c(N4CCC(C#N)(c5ccccc5)CC4)c(F)cc3c1=O)Oc1cc3ccccc3cc1-2. The van der Waals surface area contributed by atoms with Gasteiger partial charge in [0, 0.05) is 31.9 Å². The second-order valence-electron chi connectivity index (χ2n) is 13.3. The molecule has 3 aliphatic rings. The Bertz CT molecular complexity index is 2180. The number of likely N-dealkylation sites (tertiary alicyclic amines) is 1. The van der Waals surface area contributed by atoms with E-state index in [0.717, 1.165) is 42.1 Å². The van der Waals surface area contributed by atoms with Gasteiger partial charge < -0.3 is 24.4 Å². The van der Waals surface area contributed by atoms with Gasteiger partial charge in [-0.3, -0.25) is 9.59 Å². The molecule has 8 nitrogen and oxygen atoms in total. The summed E-state index contributed by atoms with van der Waals surface area (Å²) >= 11 is 0. The summed E-state index contributed by atoms with van der Waals surface area (Å²) in [6, 6.07) is 25.7. The van der Waals surface area contributed by atoms with Crippen molar-refractivity contribution in [3.05, 3.63) is 106 Å². The molecular formula is C39H36FN5O3. The molecule has 1 atom stereocenters. The number of aromatic nitrogens is 1. The van der Waals surface area contributed by atoms with E-state index in [-0.39, 0.29) is 22.4 Å². The predicted molar refractivity (Wildman–Crippen MR) is 185 cm³/mol. The van der Waals surface area contributed by atoms with E-state index in [1.807, 2.05) is 76.2 Å². The number of halogens is 1. The number of carbonyl (C=O) groups is 1. The van der Waals surface area contributed by atoms with Crippen LogP contribution < -0.4 is 20.4 Å². The summed E-state index contributed by atoms with van der Waals surface area (Å²) in [5.74, 6) is -0.334. The average molecular weight is 642 g/mol. The van der Waals surface area contributed by atoms with Crippen molar-refractivity contribution < 1.29 is 13.9 Å². The molecule has 4 aromatic carbocycles. The average Bonchev–Trinajstić information content (AvgIpc) is 3.53. The lowest BCUT2D eigenvalue weighted by Gasteiger charge is -2.40. The maximum Gasteiger partial charge on any atom is 0.256 e. The molecule has 0 radical (unpaired) electrons. The lowest BCUT2D eigenvalue weighted by molar-refractivity contribution is 0.0949. The Hall–Kier alpha value is -5.20. The summed E-state index contributed by atoms with van der Waals surface area (Å²) in [4.78, 5) is 31.8. The number of amides is 1. The Morgan fingerprint density at radius 1 is 1.04 bits per heavy atom. The molecule has 0 aliphatic carbocycles. The smallest absolute Gasteiger partial charge is 0.256 e. The van der Waals surface area contributed by atoms with Crippen LogP contribution in [0, 0.1) is 17.1 Å². The van der Waals surface area contributed by atoms with Crippen molar-refractivity contribution in [2.24, 2.45) is 0 Å². The van der Waals surface area contributed by atoms with E-state index in [0.29, 0.717) is 55.5 Å². The number of fused-ring (bicyclic) bond motifs is 3. The molecule has 2 saturated heterocycles. The second-order valence-corrected chi connectivity index (χ2v) is 13.3. The zero-order valence-electron chi connectivity index (χ0n) is 26.8. The fraction of sp³-hybridized carbons (Fsp3) is 0.308. The number of hydrogen-bond acceptors (Lipinski definition) is 6. The van der Waals surface area contributed by atoms with Crippen LogP contribution in [0.5, 0.6) is 11.5 Å². The monoisotopic (exact) mass is 641 g/mol. The summed E-state index contributed by atoms with van der Waals surface area (Å²) < 4.78 is 24.8. The number of ether oxygens (including phenoxy) is 1. The van der Waals surface area contributed by atoms with Crippen molar-refractivity contribution >= 4 is 33.3 Å². The van der Waals surface area contributed by atoms with Crippen LogP contribution in [0.1, 0.15) is 48.0 Å². The van der Waals surface area contributed by atoms with Crippen LogP contribution in [-0.2, 0) is 5.41 Å². The molecule has 2 fully saturated rings. The minimum absolute atomic E-state index is 0.0407. The van der Waals surface area contributed by atoms with Gasteiger partial charge in [0.05, 0.1) is 22.6 Å². The molecule has 9 heteroatoms. The zero-order valence-corrected chi connectivity index (χ0v) is 26.8. The van der Waals surface area contributed by atoms with Crippen LogP contribution in [0.3, 0.4) is 0 Å². The highest BCUT2D eigenvalue weighted by atomic mass is 19.1. The third kappa shape index (κ3) is 4.90. The first-order valence-corrected chi connectivity index (χ1v) is 16.7. The highest BCUT2D eigenvalue weighted by Gasteiger charge is 2.39. The molecule has 0 saturated carbocycles. The van der Waals surface area contributed by atoms with Crippen molar-refractivity contribution in [2.75, 3.05) is 38.1 Å². The third-order valence-corrected chi connectivity index (χ3v) is 10.6. The quantitative estimate of drug-likeness (QED) is 0.219. The van der Waals surface area contributed by atoms with Crippen LogP contribution >= 0.6 is 0 Å². The van der Waals surface area contributed by atoms with Gasteiger partial charge in [-0.05, 0) is 80.2 Å². The fourth-order valence-electron chi connectivity index (χ4n) is 7.87. The maximum atomic E-state index is 16.4. The molecule has 242 valence electrons. The Morgan fingerprint density at radius 2 is 1.77 bits per heavy atom. The number of benzene rings is 4. The number of piperidine rings is 1. The molecule has 1 N–H and O–H groups in total. The molecule has 1 unspecified atom stereocenters. The number of pyridine rings is 1. The van der Waals surface area contributed by atoms with Gasteiger partial charge in [-0.25, -0.2) is 4.39 Å². The van der Waals surface area contributed by atoms with E-state index in [4.69, 9.17) is 4.74 Å². The van der Waals surface area contributed by atoms with Crippen LogP contribution in [0.25, 0.3) is 27.4 Å². The van der Waals surface area contributed by atoms with E-state index in [1.165, 1.54) is 6.07 Å². The van der Waals surface area contributed by atoms with E-state index in [9.17, 15) is 14.9 Å². The lowest BCUT2D eigenvalue weighted by Crippen LogP contribution is -2.42. The number of nitriles is 1. The van der Waals surface area contributed by atoms with E-state index in [1.54, 1.807) is 6.20 Å². The van der Waals surface area contributed by atoms with Crippen molar-refractivity contribution in [2.45, 2.75) is 43.6 Å². The van der Waals surface area contributed by atoms with Gasteiger partial charge in [-0.1, -0.05) is 54.6 Å². The van der Waals surface area contributed by atoms with Crippen LogP contribution in [-0.4, -0.2) is 54.6 Å². The normalized spacial score (nSPS) is 18.4. The summed E-state index contributed by atoms with van der Waals surface area (Å²) in [6.07, 6.45) is 5.62. The van der Waals surface area contributed by atoms with E-state index < -0.39 is 22.6 Å². The first-order chi connectivity index (χ1) is 23.4. The molecule has 4 heterocycles. The van der Waals surface area contributed by atoms with E-state index in [2.05, 4.69) is 23.3 Å². The minimum atomic E-state index is -0.674. The highest BCUT2D eigenvalue weighted by Crippen LogP contribution is 2.49. The van der Waals surface area contributed by atoms with Gasteiger partial charge in [0.15, 0.2) is 17.3 Å². The Labute approximate surface area is 277 Å². The minimum Gasteiger partial charge on any atom is -0.451 e. The molecule has 1 aromatic heterocycles. The number of hydrogen-bond donors (Lipinski definition) is 1. The van der Waals surface area contributed by atoms with Crippen LogP contribution in [0.15, 0.2) is 83.8 Å². The van der Waals surface area contributed by atoms with Gasteiger partial charge in [-0.2, -0.15) is 5.26 Å². The number of nitrogens with one attached hydrogen (secondary N) is 1. The summed E-state index contributed by atoms with van der Waals surface area (Å²) in [7, 11) is 2.09. The molecule has 3 aliphatic heterocycles. The summed E-state index contributed by atoms with van der Waals surface area (Å²) in [6.45, 7) is 2.33. The Morgan fingerprint density at radius 3 is 2.48 bits per heavy atom. The number of rotatable bonds is 6. The number of nitrogens with zero attached hydrogens (tertiary/aromatic N) is 4. The number of anilines is 1. The predicted octanol–water partition coefficient (Wildman–Crippen LogP) is 6.66. The maximum absolute atomic E-state index is 16.4. The molecule has 0 bridgehead atoms. The molecule has 5 aromatic rings. The van der Waals surface area contributed by atoms with Gasteiger partial charge in [0.25, 0.3) is 5.91 Å². The molecular weight excluding hydrogens is 605 g/mol. The topological polar surface area (TPSA) is 90.6 Å². The molecule has 1 amide bonds. The standard InChI is InChI=1S/C39H36FN5O3/c1-43-17-7-12-28(43)13-16-42-38(47)30-23-45-32-20-25-8-5-6-9-26(25)21-33(32)48-37-34(45)29(36(30)46)22-31(40)35(37)44-18-14-39(24-41,15-19-44)27-10-3-2-4-11-27/h2-6,8-11,20-23,28H,7,12-19H2,1H3,(H,42,47).